The number of carboxylic acid groups (broad SMARTS) is 1. The predicted octanol–water partition coefficient (Wildman–Crippen LogP) is 3.56. The van der Waals surface area contributed by atoms with Crippen LogP contribution in [0.1, 0.15) is 42.3 Å². The number of nitrogens with zero attached hydrogens (tertiary/aromatic N) is 1. The molecule has 1 atom stereocenters. The number of benzene rings is 2. The molecule has 0 radical (unpaired) electrons. The van der Waals surface area contributed by atoms with Gasteiger partial charge in [-0.05, 0) is 53.5 Å². The van der Waals surface area contributed by atoms with Crippen LogP contribution in [0.2, 0.25) is 18.1 Å². The van der Waals surface area contributed by atoms with Gasteiger partial charge in [0.2, 0.25) is 0 Å². The van der Waals surface area contributed by atoms with Gasteiger partial charge in [0.15, 0.2) is 20.7 Å². The number of Topliss-reactive ketones (excluding diaryl/α,β-unsaturated/α-hetero) is 1. The lowest BCUT2D eigenvalue weighted by molar-refractivity contribution is -0.133. The van der Waals surface area contributed by atoms with E-state index in [-0.39, 0.29) is 48.9 Å². The molecular weight excluding hydrogens is 518 g/mol. The molecule has 210 valence electrons. The first-order valence-corrected chi connectivity index (χ1v) is 15.7. The average molecular weight is 556 g/mol. The van der Waals surface area contributed by atoms with Crippen LogP contribution >= 0.6 is 0 Å². The zero-order chi connectivity index (χ0) is 28.8. The molecule has 0 aromatic heterocycles. The van der Waals surface area contributed by atoms with Crippen molar-refractivity contribution in [3.63, 3.8) is 0 Å². The van der Waals surface area contributed by atoms with Crippen LogP contribution in [0.15, 0.2) is 48.5 Å². The summed E-state index contributed by atoms with van der Waals surface area (Å²) in [6, 6.07) is 13.7. The molecule has 39 heavy (non-hydrogen) atoms. The van der Waals surface area contributed by atoms with Gasteiger partial charge in [-0.3, -0.25) is 14.4 Å². The summed E-state index contributed by atoms with van der Waals surface area (Å²) in [6.45, 7) is 11.1. The number of amides is 3. The minimum atomic E-state index is -2.13. The molecule has 1 heterocycles. The Hall–Kier alpha value is -3.70. The number of hydrogen-bond donors (Lipinski definition) is 3. The van der Waals surface area contributed by atoms with Gasteiger partial charge in [-0.25, -0.2) is 4.79 Å². The van der Waals surface area contributed by atoms with Gasteiger partial charge in [0.1, 0.15) is 11.9 Å². The molecule has 0 aliphatic carbocycles. The molecule has 1 saturated heterocycles. The Bertz CT molecular complexity index is 1190. The van der Waals surface area contributed by atoms with Gasteiger partial charge in [0.25, 0.3) is 11.8 Å². The number of likely N-dealkylation sites (tertiary alicyclic amines) is 1. The van der Waals surface area contributed by atoms with Crippen molar-refractivity contribution in [3.05, 3.63) is 65.2 Å². The fourth-order valence-corrected chi connectivity index (χ4v) is 4.93. The van der Waals surface area contributed by atoms with Crippen LogP contribution in [0.4, 0.5) is 4.79 Å². The third-order valence-electron chi connectivity index (χ3n) is 7.09. The van der Waals surface area contributed by atoms with Crippen molar-refractivity contribution in [2.24, 2.45) is 0 Å². The van der Waals surface area contributed by atoms with Crippen molar-refractivity contribution in [1.82, 2.24) is 15.5 Å². The van der Waals surface area contributed by atoms with E-state index in [9.17, 15) is 19.2 Å². The smallest absolute Gasteiger partial charge is 0.404 e. The normalized spacial score (nSPS) is 15.7. The number of nitrogens with one attached hydrogen (secondary N) is 2. The van der Waals surface area contributed by atoms with E-state index in [1.807, 2.05) is 0 Å². The largest absolute Gasteiger partial charge is 0.484 e. The third kappa shape index (κ3) is 8.39. The van der Waals surface area contributed by atoms with Gasteiger partial charge in [0.05, 0.1) is 13.1 Å². The minimum absolute atomic E-state index is 0.0298. The number of carbonyl (C=O) groups is 4. The molecule has 0 bridgehead atoms. The summed E-state index contributed by atoms with van der Waals surface area (Å²) in [5, 5.41) is 13.7. The highest BCUT2D eigenvalue weighted by Crippen LogP contribution is 2.38. The lowest BCUT2D eigenvalue weighted by Gasteiger charge is -2.37. The molecule has 1 aliphatic rings. The van der Waals surface area contributed by atoms with Gasteiger partial charge in [0, 0.05) is 18.7 Å². The molecule has 2 aromatic rings. The zero-order valence-electron chi connectivity index (χ0n) is 23.1. The molecule has 3 N–H and O–H groups in total. The first-order chi connectivity index (χ1) is 18.2. The molecule has 11 heteroatoms. The summed E-state index contributed by atoms with van der Waals surface area (Å²) in [5.74, 6) is -0.102. The molecule has 3 amide bonds. The van der Waals surface area contributed by atoms with Crippen LogP contribution in [-0.4, -0.2) is 67.8 Å². The van der Waals surface area contributed by atoms with E-state index in [1.54, 1.807) is 48.5 Å². The van der Waals surface area contributed by atoms with Gasteiger partial charge in [-0.15, -0.1) is 0 Å². The van der Waals surface area contributed by atoms with E-state index in [4.69, 9.17) is 14.3 Å². The summed E-state index contributed by atoms with van der Waals surface area (Å²) >= 11 is 0. The van der Waals surface area contributed by atoms with Crippen LogP contribution in [0.25, 0.3) is 0 Å². The van der Waals surface area contributed by atoms with Gasteiger partial charge in [-0.1, -0.05) is 45.0 Å². The fraction of sp³-hybridized carbons (Fsp3) is 0.429. The number of ketones is 1. The standard InChI is InChI=1S/C28H37N3O7Si/c1-28(2,3)39(4,5)38-24-17-31(16-23(24)32)25(33)18-37-22-12-8-20(9-13-22)14-29-26(34)21-10-6-19(7-11-21)15-30-27(35)36/h6-13,24,30H,14-18H2,1-5H3,(H,29,34)(H,35,36). The highest BCUT2D eigenvalue weighted by atomic mass is 28.4. The topological polar surface area (TPSA) is 134 Å². The minimum Gasteiger partial charge on any atom is -0.484 e. The highest BCUT2D eigenvalue weighted by molar-refractivity contribution is 6.74. The number of rotatable bonds is 10. The zero-order valence-corrected chi connectivity index (χ0v) is 24.1. The molecule has 10 nitrogen and oxygen atoms in total. The molecule has 1 fully saturated rings. The summed E-state index contributed by atoms with van der Waals surface area (Å²) in [6.07, 6.45) is -1.69. The Morgan fingerprint density at radius 2 is 1.54 bits per heavy atom. The van der Waals surface area contributed by atoms with Crippen LogP contribution in [0.3, 0.4) is 0 Å². The Labute approximate surface area is 229 Å². The van der Waals surface area contributed by atoms with E-state index in [2.05, 4.69) is 44.5 Å². The second-order valence-corrected chi connectivity index (χ2v) is 15.8. The highest BCUT2D eigenvalue weighted by Gasteiger charge is 2.44. The van der Waals surface area contributed by atoms with Gasteiger partial charge < -0.3 is 29.8 Å². The van der Waals surface area contributed by atoms with Crippen LogP contribution < -0.4 is 15.4 Å². The predicted molar refractivity (Wildman–Crippen MR) is 148 cm³/mol. The maximum atomic E-state index is 12.7. The van der Waals surface area contributed by atoms with Crippen LogP contribution in [-0.2, 0) is 27.1 Å². The summed E-state index contributed by atoms with van der Waals surface area (Å²) < 4.78 is 11.9. The monoisotopic (exact) mass is 555 g/mol. The van der Waals surface area contributed by atoms with Crippen molar-refractivity contribution < 1.29 is 33.4 Å². The van der Waals surface area contributed by atoms with Crippen molar-refractivity contribution in [1.29, 1.82) is 0 Å². The molecule has 1 unspecified atom stereocenters. The molecule has 3 rings (SSSR count). The van der Waals surface area contributed by atoms with Crippen molar-refractivity contribution in [3.8, 4) is 5.75 Å². The lowest BCUT2D eigenvalue weighted by atomic mass is 10.1. The summed E-state index contributed by atoms with van der Waals surface area (Å²) in [7, 11) is -2.13. The van der Waals surface area contributed by atoms with Crippen molar-refractivity contribution in [2.45, 2.75) is 58.1 Å². The van der Waals surface area contributed by atoms with Crippen LogP contribution in [0, 0.1) is 0 Å². The van der Waals surface area contributed by atoms with E-state index >= 15 is 0 Å². The number of hydrogen-bond acceptors (Lipinski definition) is 6. The third-order valence-corrected chi connectivity index (χ3v) is 11.6. The molecule has 2 aromatic carbocycles. The Morgan fingerprint density at radius 1 is 0.974 bits per heavy atom. The molecular formula is C28H37N3O7Si. The molecule has 0 spiro atoms. The number of carbonyl (C=O) groups excluding carboxylic acids is 3. The lowest BCUT2D eigenvalue weighted by Crippen LogP contribution is -2.46. The molecule has 0 saturated carbocycles. The van der Waals surface area contributed by atoms with Crippen molar-refractivity contribution >= 4 is 32.0 Å². The first kappa shape index (κ1) is 29.8. The quantitative estimate of drug-likeness (QED) is 0.382. The van der Waals surface area contributed by atoms with Gasteiger partial charge >= 0.3 is 6.09 Å². The molecule has 1 aliphatic heterocycles. The van der Waals surface area contributed by atoms with Crippen LogP contribution in [0.5, 0.6) is 5.75 Å². The summed E-state index contributed by atoms with van der Waals surface area (Å²) in [4.78, 5) is 49.6. The maximum absolute atomic E-state index is 12.7. The van der Waals surface area contributed by atoms with E-state index in [0.29, 0.717) is 17.9 Å². The number of ether oxygens (including phenoxy) is 1. The van der Waals surface area contributed by atoms with E-state index in [1.165, 1.54) is 4.90 Å². The van der Waals surface area contributed by atoms with Gasteiger partial charge in [-0.2, -0.15) is 0 Å². The Balaban J connectivity index is 1.43. The second-order valence-electron chi connectivity index (χ2n) is 11.1. The average Bonchev–Trinajstić information content (AvgIpc) is 3.24. The maximum Gasteiger partial charge on any atom is 0.404 e. The van der Waals surface area contributed by atoms with Crippen molar-refractivity contribution in [2.75, 3.05) is 19.7 Å². The Kier molecular flexibility index (Phi) is 9.52. The Morgan fingerprint density at radius 3 is 2.10 bits per heavy atom. The SMILES string of the molecule is CC(C)(C)[Si](C)(C)OC1CN(C(=O)COc2ccc(CNC(=O)c3ccc(CNC(=O)O)cc3)cc2)CC1=O. The van der Waals surface area contributed by atoms with E-state index in [0.717, 1.165) is 11.1 Å². The summed E-state index contributed by atoms with van der Waals surface area (Å²) in [5.41, 5.74) is 2.06. The second kappa shape index (κ2) is 12.4. The first-order valence-electron chi connectivity index (χ1n) is 12.8. The fourth-order valence-electron chi connectivity index (χ4n) is 3.66. The van der Waals surface area contributed by atoms with E-state index < -0.39 is 20.5 Å².